The minimum atomic E-state index is 0.490. The molecular formula is C16H27N3. The molecule has 0 saturated heterocycles. The molecule has 3 nitrogen and oxygen atoms in total. The molecule has 3 heteroatoms. The van der Waals surface area contributed by atoms with Crippen LogP contribution >= 0.6 is 0 Å². The molecular weight excluding hydrogens is 234 g/mol. The summed E-state index contributed by atoms with van der Waals surface area (Å²) in [6.45, 7) is 8.53. The quantitative estimate of drug-likeness (QED) is 0.903. The maximum atomic E-state index is 4.23. The first-order valence-electron chi connectivity index (χ1n) is 7.65. The topological polar surface area (TPSA) is 29.9 Å². The molecule has 3 rings (SSSR count). The minimum absolute atomic E-state index is 0.490. The van der Waals surface area contributed by atoms with Crippen molar-refractivity contribution in [1.82, 2.24) is 15.1 Å². The third-order valence-corrected chi connectivity index (χ3v) is 6.49. The molecule has 3 atom stereocenters. The lowest BCUT2D eigenvalue weighted by Gasteiger charge is -2.39. The highest BCUT2D eigenvalue weighted by Crippen LogP contribution is 2.65. The van der Waals surface area contributed by atoms with Crippen molar-refractivity contribution >= 4 is 0 Å². The zero-order chi connectivity index (χ0) is 13.7. The van der Waals surface area contributed by atoms with Gasteiger partial charge in [-0.2, -0.15) is 5.10 Å². The Kier molecular flexibility index (Phi) is 3.01. The van der Waals surface area contributed by atoms with Crippen molar-refractivity contribution in [3.8, 4) is 0 Å². The fraction of sp³-hybridized carbons (Fsp3) is 0.812. The summed E-state index contributed by atoms with van der Waals surface area (Å²) in [5.74, 6) is 0.923. The average Bonchev–Trinajstić information content (AvgIpc) is 2.91. The number of rotatable bonds is 4. The van der Waals surface area contributed by atoms with Crippen molar-refractivity contribution in [2.45, 2.75) is 52.5 Å². The van der Waals surface area contributed by atoms with Gasteiger partial charge in [0, 0.05) is 37.9 Å². The molecule has 19 heavy (non-hydrogen) atoms. The summed E-state index contributed by atoms with van der Waals surface area (Å²) in [6.07, 6.45) is 7.16. The Hall–Kier alpha value is -0.830. The molecule has 0 aromatic carbocycles. The first-order valence-corrected chi connectivity index (χ1v) is 7.65. The van der Waals surface area contributed by atoms with Gasteiger partial charge in [0.15, 0.2) is 0 Å². The number of aromatic nitrogens is 2. The molecule has 106 valence electrons. The number of hydrogen-bond donors (Lipinski definition) is 1. The van der Waals surface area contributed by atoms with Crippen LogP contribution in [0.25, 0.3) is 0 Å². The van der Waals surface area contributed by atoms with E-state index in [2.05, 4.69) is 37.3 Å². The van der Waals surface area contributed by atoms with Gasteiger partial charge < -0.3 is 5.32 Å². The van der Waals surface area contributed by atoms with Gasteiger partial charge >= 0.3 is 0 Å². The SMILES string of the molecule is Cn1nccc1CCNC1CC2CCC1(C)C2(C)C. The van der Waals surface area contributed by atoms with E-state index in [-0.39, 0.29) is 0 Å². The molecule has 2 aliphatic rings. The van der Waals surface area contributed by atoms with Crippen molar-refractivity contribution in [1.29, 1.82) is 0 Å². The zero-order valence-electron chi connectivity index (χ0n) is 12.7. The average molecular weight is 261 g/mol. The third kappa shape index (κ3) is 1.85. The van der Waals surface area contributed by atoms with E-state index in [1.54, 1.807) is 0 Å². The molecule has 1 aromatic heterocycles. The molecule has 3 unspecified atom stereocenters. The van der Waals surface area contributed by atoms with Gasteiger partial charge in [0.1, 0.15) is 0 Å². The van der Waals surface area contributed by atoms with Crippen LogP contribution in [0.3, 0.4) is 0 Å². The largest absolute Gasteiger partial charge is 0.313 e. The molecule has 0 aliphatic heterocycles. The van der Waals surface area contributed by atoms with Crippen LogP contribution in [0.4, 0.5) is 0 Å². The fourth-order valence-electron chi connectivity index (χ4n) is 4.53. The Balaban J connectivity index is 1.59. The standard InChI is InChI=1S/C16H27N3/c1-15(2)12-5-8-16(15,3)14(11-12)17-9-6-13-7-10-18-19(13)4/h7,10,12,14,17H,5-6,8-9,11H2,1-4H3. The lowest BCUT2D eigenvalue weighted by molar-refractivity contribution is 0.121. The van der Waals surface area contributed by atoms with Crippen LogP contribution in [0.2, 0.25) is 0 Å². The molecule has 2 aliphatic carbocycles. The van der Waals surface area contributed by atoms with Crippen molar-refractivity contribution in [3.63, 3.8) is 0 Å². The second kappa shape index (κ2) is 4.34. The summed E-state index contributed by atoms with van der Waals surface area (Å²) in [6, 6.07) is 2.82. The summed E-state index contributed by atoms with van der Waals surface area (Å²) in [5.41, 5.74) is 2.32. The highest BCUT2D eigenvalue weighted by atomic mass is 15.3. The normalized spacial score (nSPS) is 36.0. The van der Waals surface area contributed by atoms with Crippen molar-refractivity contribution < 1.29 is 0 Å². The van der Waals surface area contributed by atoms with E-state index in [9.17, 15) is 0 Å². The Morgan fingerprint density at radius 2 is 2.21 bits per heavy atom. The molecule has 1 heterocycles. The predicted octanol–water partition coefficient (Wildman–Crippen LogP) is 2.77. The van der Waals surface area contributed by atoms with Gasteiger partial charge in [-0.1, -0.05) is 20.8 Å². The lowest BCUT2D eigenvalue weighted by Crippen LogP contribution is -2.45. The summed E-state index contributed by atoms with van der Waals surface area (Å²) in [5, 5.41) is 8.06. The van der Waals surface area contributed by atoms with E-state index in [0.29, 0.717) is 16.9 Å². The molecule has 2 bridgehead atoms. The van der Waals surface area contributed by atoms with Crippen molar-refractivity contribution in [3.05, 3.63) is 18.0 Å². The van der Waals surface area contributed by atoms with Gasteiger partial charge in [-0.05, 0) is 42.1 Å². The second-order valence-corrected chi connectivity index (χ2v) is 7.31. The smallest absolute Gasteiger partial charge is 0.0492 e. The molecule has 1 N–H and O–H groups in total. The molecule has 0 spiro atoms. The van der Waals surface area contributed by atoms with Crippen LogP contribution in [0.15, 0.2) is 12.3 Å². The molecule has 2 fully saturated rings. The molecule has 1 aromatic rings. The number of aryl methyl sites for hydroxylation is 1. The van der Waals surface area contributed by atoms with Gasteiger partial charge in [0.25, 0.3) is 0 Å². The number of nitrogens with zero attached hydrogens (tertiary/aromatic N) is 2. The van der Waals surface area contributed by atoms with Crippen LogP contribution in [-0.2, 0) is 13.5 Å². The monoisotopic (exact) mass is 261 g/mol. The van der Waals surface area contributed by atoms with Crippen molar-refractivity contribution in [2.24, 2.45) is 23.8 Å². The molecule has 0 amide bonds. The van der Waals surface area contributed by atoms with Gasteiger partial charge in [0.2, 0.25) is 0 Å². The van der Waals surface area contributed by atoms with Crippen molar-refractivity contribution in [2.75, 3.05) is 6.54 Å². The van der Waals surface area contributed by atoms with Crippen LogP contribution in [0.1, 0.15) is 45.7 Å². The van der Waals surface area contributed by atoms with E-state index in [1.807, 2.05) is 17.9 Å². The Labute approximate surface area is 116 Å². The Morgan fingerprint density at radius 3 is 2.74 bits per heavy atom. The third-order valence-electron chi connectivity index (χ3n) is 6.49. The van der Waals surface area contributed by atoms with Crippen LogP contribution < -0.4 is 5.32 Å². The summed E-state index contributed by atoms with van der Waals surface area (Å²) in [7, 11) is 2.03. The maximum Gasteiger partial charge on any atom is 0.0492 e. The zero-order valence-corrected chi connectivity index (χ0v) is 12.7. The van der Waals surface area contributed by atoms with Gasteiger partial charge in [-0.25, -0.2) is 0 Å². The second-order valence-electron chi connectivity index (χ2n) is 7.31. The number of hydrogen-bond acceptors (Lipinski definition) is 2. The van der Waals surface area contributed by atoms with E-state index in [4.69, 9.17) is 0 Å². The highest BCUT2D eigenvalue weighted by molar-refractivity contribution is 5.13. The number of fused-ring (bicyclic) bond motifs is 2. The molecule has 0 radical (unpaired) electrons. The summed E-state index contributed by atoms with van der Waals surface area (Å²) < 4.78 is 1.98. The van der Waals surface area contributed by atoms with E-state index in [1.165, 1.54) is 25.0 Å². The maximum absolute atomic E-state index is 4.23. The lowest BCUT2D eigenvalue weighted by atomic mass is 9.69. The Morgan fingerprint density at radius 1 is 1.42 bits per heavy atom. The van der Waals surface area contributed by atoms with E-state index < -0.39 is 0 Å². The van der Waals surface area contributed by atoms with Crippen LogP contribution in [0.5, 0.6) is 0 Å². The predicted molar refractivity (Wildman–Crippen MR) is 77.9 cm³/mol. The Bertz CT molecular complexity index is 462. The number of nitrogens with one attached hydrogen (secondary N) is 1. The van der Waals surface area contributed by atoms with Crippen LogP contribution in [0, 0.1) is 16.7 Å². The summed E-state index contributed by atoms with van der Waals surface area (Å²) in [4.78, 5) is 0. The van der Waals surface area contributed by atoms with Gasteiger partial charge in [-0.15, -0.1) is 0 Å². The minimum Gasteiger partial charge on any atom is -0.313 e. The van der Waals surface area contributed by atoms with Gasteiger partial charge in [0.05, 0.1) is 0 Å². The van der Waals surface area contributed by atoms with Crippen LogP contribution in [-0.4, -0.2) is 22.4 Å². The molecule has 2 saturated carbocycles. The van der Waals surface area contributed by atoms with E-state index in [0.717, 1.165) is 18.9 Å². The highest BCUT2D eigenvalue weighted by Gasteiger charge is 2.60. The first-order chi connectivity index (χ1) is 8.95. The first kappa shape index (κ1) is 13.2. The van der Waals surface area contributed by atoms with E-state index >= 15 is 0 Å². The van der Waals surface area contributed by atoms with Gasteiger partial charge in [-0.3, -0.25) is 4.68 Å². The fourth-order valence-corrected chi connectivity index (χ4v) is 4.53. The summed E-state index contributed by atoms with van der Waals surface area (Å²) >= 11 is 0.